The number of likely N-dealkylation sites (tertiary alicyclic amines) is 2. The number of unbranched alkanes of at least 4 members (excludes halogenated alkanes) is 2. The number of nitro benzene ring substituents is 2. The van der Waals surface area contributed by atoms with Crippen LogP contribution in [0.5, 0.6) is 5.75 Å². The number of aromatic nitrogens is 1. The second-order valence-electron chi connectivity index (χ2n) is 29.8. The number of imide groups is 1. The SMILES string of the molecule is CCC[C@H](NC(=O)[C@H](CCC(=O)O)NC(=O)[C@@H](NC(=O)[C@@H]1CCCN1C(=O)[C@H](CCCCN)N(C(=O)Cc1cc(=O)oc2cc(OC)ccc12)C(=O)[C@@H]1CCCN1C(=O)[C@@H](N)CCCNC(=N)N)C(C)C)C(=O)N[C@@H](Cc1c[nH]c2ccccc12)C(=O)N[C@@H](CCCNC(=N)N)C(=O)N[C@@H](CCCCNc1ccc([N+](=O)[O-])cc1[N+](=O)[O-])C(N)=O. The van der Waals surface area contributed by atoms with E-state index in [1.165, 1.54) is 29.0 Å². The fourth-order valence-corrected chi connectivity index (χ4v) is 14.5. The highest BCUT2D eigenvalue weighted by molar-refractivity contribution is 6.06. The molecular formula is C78H110N22O20. The second kappa shape index (κ2) is 45.7. The van der Waals surface area contributed by atoms with Gasteiger partial charge in [0, 0.05) is 86.3 Å². The number of ether oxygens (including phenoxy) is 1. The zero-order chi connectivity index (χ0) is 88.0. The Labute approximate surface area is 690 Å². The number of carbonyl (C=O) groups excluding carboxylic acids is 11. The zero-order valence-electron chi connectivity index (χ0n) is 67.5. The number of amides is 11. The lowest BCUT2D eigenvalue weighted by Crippen LogP contribution is -2.62. The second-order valence-corrected chi connectivity index (χ2v) is 29.8. The molecule has 0 bridgehead atoms. The molecule has 0 unspecified atom stereocenters. The van der Waals surface area contributed by atoms with Gasteiger partial charge in [-0.1, -0.05) is 45.4 Å². The molecule has 652 valence electrons. The molecule has 120 heavy (non-hydrogen) atoms. The molecule has 11 amide bonds. The summed E-state index contributed by atoms with van der Waals surface area (Å²) in [4.78, 5) is 216. The number of primary amides is 1. The van der Waals surface area contributed by atoms with Crippen LogP contribution in [0.2, 0.25) is 0 Å². The Balaban J connectivity index is 1.11. The van der Waals surface area contributed by atoms with Gasteiger partial charge in [-0.2, -0.15) is 0 Å². The first-order valence-corrected chi connectivity index (χ1v) is 39.9. The summed E-state index contributed by atoms with van der Waals surface area (Å²) in [5, 5.41) is 73.1. The van der Waals surface area contributed by atoms with Gasteiger partial charge < -0.3 is 106 Å². The van der Waals surface area contributed by atoms with Crippen molar-refractivity contribution in [2.24, 2.45) is 34.6 Å². The normalized spacial score (nSPS) is 15.8. The Morgan fingerprint density at radius 3 is 1.87 bits per heavy atom. The number of carboxylic acids is 1. The van der Waals surface area contributed by atoms with Crippen molar-refractivity contribution in [1.82, 2.24) is 62.2 Å². The number of anilines is 1. The van der Waals surface area contributed by atoms with E-state index in [9.17, 15) is 73.3 Å². The number of methoxy groups -OCH3 is 1. The van der Waals surface area contributed by atoms with Crippen molar-refractivity contribution >= 4 is 122 Å². The molecule has 2 fully saturated rings. The summed E-state index contributed by atoms with van der Waals surface area (Å²) in [5.41, 5.74) is 28.6. The Bertz CT molecular complexity index is 4610. The minimum atomic E-state index is -1.73. The molecule has 2 saturated heterocycles. The van der Waals surface area contributed by atoms with Crippen molar-refractivity contribution in [2.75, 3.05) is 51.7 Å². The van der Waals surface area contributed by atoms with E-state index in [-0.39, 0.29) is 152 Å². The summed E-state index contributed by atoms with van der Waals surface area (Å²) in [5.74, 6) is -12.6. The molecule has 23 N–H and O–H groups in total. The molecule has 3 aromatic carbocycles. The fourth-order valence-electron chi connectivity index (χ4n) is 14.5. The van der Waals surface area contributed by atoms with Gasteiger partial charge in [0.05, 0.1) is 35.5 Å². The highest BCUT2D eigenvalue weighted by Gasteiger charge is 2.48. The Morgan fingerprint density at radius 1 is 0.658 bits per heavy atom. The number of para-hydroxylation sites is 1. The van der Waals surface area contributed by atoms with E-state index >= 15 is 14.4 Å². The van der Waals surface area contributed by atoms with Crippen molar-refractivity contribution < 1.29 is 81.6 Å². The molecule has 0 spiro atoms. The number of carbonyl (C=O) groups is 12. The first kappa shape index (κ1) is 94.3. The van der Waals surface area contributed by atoms with Crippen LogP contribution in [0.1, 0.15) is 147 Å². The van der Waals surface area contributed by atoms with Crippen LogP contribution in [-0.4, -0.2) is 224 Å². The molecular weight excluding hydrogens is 1560 g/mol. The smallest absolute Gasteiger partial charge is 0.336 e. The lowest BCUT2D eigenvalue weighted by atomic mass is 9.99. The Kier molecular flexibility index (Phi) is 35.9. The number of rotatable bonds is 48. The summed E-state index contributed by atoms with van der Waals surface area (Å²) in [7, 11) is 1.40. The van der Waals surface area contributed by atoms with Crippen molar-refractivity contribution in [3.8, 4) is 5.75 Å². The Morgan fingerprint density at radius 2 is 1.25 bits per heavy atom. The molecule has 2 aromatic heterocycles. The predicted octanol–water partition coefficient (Wildman–Crippen LogP) is 0.571. The number of H-pyrrole nitrogens is 1. The van der Waals surface area contributed by atoms with E-state index in [4.69, 9.17) is 48.6 Å². The van der Waals surface area contributed by atoms with Gasteiger partial charge in [-0.25, -0.2) is 4.79 Å². The number of nitrogens with two attached hydrogens (primary N) is 5. The number of hydrogen-bond acceptors (Lipinski definition) is 24. The molecule has 0 radical (unpaired) electrons. The summed E-state index contributed by atoms with van der Waals surface area (Å²) in [6.45, 7) is 5.21. The summed E-state index contributed by atoms with van der Waals surface area (Å²) >= 11 is 0. The van der Waals surface area contributed by atoms with Crippen LogP contribution < -0.4 is 86.9 Å². The average molecular weight is 1680 g/mol. The van der Waals surface area contributed by atoms with Crippen molar-refractivity contribution in [2.45, 2.75) is 210 Å². The lowest BCUT2D eigenvalue weighted by molar-refractivity contribution is -0.393. The average Bonchev–Trinajstić information content (AvgIpc) is 1.64. The third kappa shape index (κ3) is 26.8. The molecule has 4 heterocycles. The molecule has 2 aliphatic rings. The van der Waals surface area contributed by atoms with Gasteiger partial charge in [0.1, 0.15) is 71.4 Å². The monoisotopic (exact) mass is 1670 g/mol. The maximum atomic E-state index is 15.7. The third-order valence-corrected chi connectivity index (χ3v) is 20.8. The molecule has 5 aromatic rings. The highest BCUT2D eigenvalue weighted by Crippen LogP contribution is 2.32. The standard InChI is InChI=1S/C78H110N22O20/c1-5-16-54(68(106)94-57(37-45-42-89-51-19-7-6-17-48(45)51)71(109)92-55(21-13-34-88-78(84)85)69(107)90-53(67(81)105)20-9-11-32-86-52-28-25-46(99(115)116)40-61(52)100(117)118)91-70(108)56(29-30-64(102)103)93-73(111)66(43(2)3)95-72(110)58-23-14-35-96(58)75(113)60(22-8-10-31-79)98(63(101)38-44-39-65(104)120-62-41-47(119-4)26-27-49(44)62)76(114)59-24-15-36-97(59)74(112)50(80)18-12-33-87-77(82)83/h6-7,17,19,25-28,39-43,50,53-60,66,86,89H,5,8-16,18,20-24,29-38,79-80H2,1-4H3,(H2,81,105)(H,90,107)(H,91,108)(H,92,109)(H,93,111)(H,94,106)(H,95,110)(H,102,103)(H4,82,83,87)(H4,84,85,88)/t50-,53-,54-,55-,56-,57-,58-,59-,60-,66-/m0/s1. The van der Waals surface area contributed by atoms with Crippen LogP contribution in [0, 0.1) is 37.0 Å². The van der Waals surface area contributed by atoms with E-state index in [1.807, 2.05) is 0 Å². The molecule has 2 aliphatic heterocycles. The minimum Gasteiger partial charge on any atom is -0.497 e. The van der Waals surface area contributed by atoms with Gasteiger partial charge in [-0.3, -0.25) is 93.5 Å². The van der Waals surface area contributed by atoms with Crippen LogP contribution in [0.3, 0.4) is 0 Å². The number of nitrogens with one attached hydrogen (secondary N) is 12. The summed E-state index contributed by atoms with van der Waals surface area (Å²) in [6, 6.07) is 1.12. The van der Waals surface area contributed by atoms with Crippen molar-refractivity contribution in [3.05, 3.63) is 115 Å². The number of guanidine groups is 2. The van der Waals surface area contributed by atoms with Crippen LogP contribution in [-0.2, 0) is 70.4 Å². The topological polar surface area (TPSA) is 662 Å². The number of aliphatic carboxylic acids is 1. The van der Waals surface area contributed by atoms with Crippen LogP contribution in [0.15, 0.2) is 82.1 Å². The number of hydrogen-bond donors (Lipinski definition) is 18. The van der Waals surface area contributed by atoms with Gasteiger partial charge in [-0.15, -0.1) is 0 Å². The molecule has 0 saturated carbocycles. The molecule has 42 heteroatoms. The third-order valence-electron chi connectivity index (χ3n) is 20.8. The van der Waals surface area contributed by atoms with E-state index in [2.05, 4.69) is 52.8 Å². The van der Waals surface area contributed by atoms with E-state index < -0.39 is 189 Å². The van der Waals surface area contributed by atoms with Gasteiger partial charge in [0.25, 0.3) is 17.3 Å². The maximum absolute atomic E-state index is 15.7. The van der Waals surface area contributed by atoms with E-state index in [0.717, 1.165) is 23.1 Å². The largest absolute Gasteiger partial charge is 0.497 e. The van der Waals surface area contributed by atoms with Crippen LogP contribution in [0.4, 0.5) is 17.1 Å². The maximum Gasteiger partial charge on any atom is 0.336 e. The number of benzene rings is 3. The summed E-state index contributed by atoms with van der Waals surface area (Å²) in [6.07, 6.45) is 1.09. The van der Waals surface area contributed by atoms with Gasteiger partial charge in [-0.05, 0) is 151 Å². The van der Waals surface area contributed by atoms with Crippen molar-refractivity contribution in [1.29, 1.82) is 10.8 Å². The van der Waals surface area contributed by atoms with Gasteiger partial charge in [0.15, 0.2) is 11.9 Å². The van der Waals surface area contributed by atoms with Crippen molar-refractivity contribution in [3.63, 3.8) is 0 Å². The molecule has 7 rings (SSSR count). The number of fused-ring (bicyclic) bond motifs is 2. The molecule has 10 atom stereocenters. The highest BCUT2D eigenvalue weighted by atomic mass is 16.6. The lowest BCUT2D eigenvalue weighted by Gasteiger charge is -2.37. The molecule has 0 aliphatic carbocycles. The van der Waals surface area contributed by atoms with E-state index in [1.54, 1.807) is 63.4 Å². The summed E-state index contributed by atoms with van der Waals surface area (Å²) < 4.78 is 10.8. The minimum absolute atomic E-state index is 0.00124. The molecule has 42 nitrogen and oxygen atoms in total. The number of nitrogens with zero attached hydrogens (tertiary/aromatic N) is 5. The number of non-ortho nitro benzene ring substituents is 1. The Hall–Kier alpha value is -12.9. The van der Waals surface area contributed by atoms with E-state index in [0.29, 0.717) is 46.9 Å². The number of nitro groups is 2. The van der Waals surface area contributed by atoms with Crippen LogP contribution in [0.25, 0.3) is 21.9 Å². The number of carboxylic acid groups (broad SMARTS) is 1. The zero-order valence-corrected chi connectivity index (χ0v) is 67.5. The first-order chi connectivity index (χ1) is 57.2. The fraction of sp³-hybridized carbons (Fsp3) is 0.526. The van der Waals surface area contributed by atoms with Gasteiger partial charge in [0.2, 0.25) is 59.1 Å². The quantitative estimate of drug-likeness (QED) is 0.00632. The number of aromatic amines is 1. The first-order valence-electron chi connectivity index (χ1n) is 39.9. The predicted molar refractivity (Wildman–Crippen MR) is 439 cm³/mol. The van der Waals surface area contributed by atoms with Crippen LogP contribution >= 0.6 is 0 Å². The van der Waals surface area contributed by atoms with Gasteiger partial charge >= 0.3 is 11.6 Å².